The van der Waals surface area contributed by atoms with E-state index < -0.39 is 0 Å². The highest BCUT2D eigenvalue weighted by Gasteiger charge is 2.02. The number of aromatic nitrogens is 1. The summed E-state index contributed by atoms with van der Waals surface area (Å²) in [7, 11) is 0. The molecule has 2 aromatic heterocycles. The number of hydrogen-bond donors (Lipinski definition) is 2. The highest BCUT2D eigenvalue weighted by Crippen LogP contribution is 2.21. The van der Waals surface area contributed by atoms with Crippen LogP contribution < -0.4 is 10.6 Å². The number of carbonyl (C=O) groups is 1. The molecule has 2 rings (SSSR count). The molecule has 0 aliphatic heterocycles. The van der Waals surface area contributed by atoms with Gasteiger partial charge in [0.1, 0.15) is 0 Å². The minimum absolute atomic E-state index is 0.00561. The largest absolute Gasteiger partial charge is 0.326 e. The average molecular weight is 340 g/mol. The first-order chi connectivity index (χ1) is 9.24. The van der Waals surface area contributed by atoms with Crippen LogP contribution in [0.3, 0.4) is 0 Å². The molecule has 0 aliphatic rings. The molecule has 2 N–H and O–H groups in total. The van der Waals surface area contributed by atoms with E-state index in [1.165, 1.54) is 4.88 Å². The van der Waals surface area contributed by atoms with E-state index >= 15 is 0 Å². The van der Waals surface area contributed by atoms with Gasteiger partial charge in [0, 0.05) is 42.5 Å². The molecular weight excluding hydrogens is 326 g/mol. The molecule has 4 nitrogen and oxygen atoms in total. The van der Waals surface area contributed by atoms with Crippen LogP contribution in [-0.4, -0.2) is 17.4 Å². The zero-order valence-corrected chi connectivity index (χ0v) is 12.6. The van der Waals surface area contributed by atoms with Crippen LogP contribution in [0.5, 0.6) is 0 Å². The van der Waals surface area contributed by atoms with Crippen molar-refractivity contribution in [3.8, 4) is 0 Å². The Kier molecular flexibility index (Phi) is 5.50. The van der Waals surface area contributed by atoms with Gasteiger partial charge < -0.3 is 10.6 Å². The maximum atomic E-state index is 11.7. The Morgan fingerprint density at radius 3 is 2.74 bits per heavy atom. The molecule has 6 heteroatoms. The lowest BCUT2D eigenvalue weighted by Gasteiger charge is -2.05. The van der Waals surface area contributed by atoms with Crippen LogP contribution in [0.15, 0.2) is 40.4 Å². The molecule has 0 unspecified atom stereocenters. The van der Waals surface area contributed by atoms with Gasteiger partial charge >= 0.3 is 0 Å². The third-order valence-electron chi connectivity index (χ3n) is 2.42. The Balaban J connectivity index is 1.64. The summed E-state index contributed by atoms with van der Waals surface area (Å²) in [5.41, 5.74) is 0.780. The zero-order chi connectivity index (χ0) is 13.5. The van der Waals surface area contributed by atoms with E-state index in [1.54, 1.807) is 35.9 Å². The fourth-order valence-corrected chi connectivity index (χ4v) is 2.97. The molecule has 0 spiro atoms. The van der Waals surface area contributed by atoms with Gasteiger partial charge in [-0.2, -0.15) is 0 Å². The lowest BCUT2D eigenvalue weighted by Crippen LogP contribution is -2.21. The van der Waals surface area contributed by atoms with E-state index in [2.05, 4.69) is 37.6 Å². The topological polar surface area (TPSA) is 54.0 Å². The highest BCUT2D eigenvalue weighted by molar-refractivity contribution is 9.11. The second kappa shape index (κ2) is 7.37. The SMILES string of the molecule is O=C(CCNCc1ccc(Br)s1)Nc1ccncc1. The van der Waals surface area contributed by atoms with Crippen LogP contribution >= 0.6 is 27.3 Å². The summed E-state index contributed by atoms with van der Waals surface area (Å²) in [6.45, 7) is 1.45. The van der Waals surface area contributed by atoms with Crippen LogP contribution in [0, 0.1) is 0 Å². The van der Waals surface area contributed by atoms with Crippen molar-refractivity contribution >= 4 is 38.9 Å². The van der Waals surface area contributed by atoms with Gasteiger partial charge in [0.15, 0.2) is 0 Å². The quantitative estimate of drug-likeness (QED) is 0.795. The molecule has 0 radical (unpaired) electrons. The standard InChI is InChI=1S/C13H14BrN3OS/c14-12-2-1-11(19-12)9-16-8-5-13(18)17-10-3-6-15-7-4-10/h1-4,6-7,16H,5,8-9H2,(H,15,17,18). The predicted octanol–water partition coefficient (Wildman–Crippen LogP) is 3.02. The van der Waals surface area contributed by atoms with Gasteiger partial charge in [0.2, 0.25) is 5.91 Å². The van der Waals surface area contributed by atoms with Gasteiger partial charge in [-0.05, 0) is 40.2 Å². The maximum Gasteiger partial charge on any atom is 0.225 e. The van der Waals surface area contributed by atoms with Gasteiger partial charge in [-0.15, -0.1) is 11.3 Å². The summed E-state index contributed by atoms with van der Waals surface area (Å²) < 4.78 is 1.12. The minimum Gasteiger partial charge on any atom is -0.326 e. The molecule has 19 heavy (non-hydrogen) atoms. The fraction of sp³-hybridized carbons (Fsp3) is 0.231. The number of amides is 1. The van der Waals surface area contributed by atoms with Crippen molar-refractivity contribution in [1.82, 2.24) is 10.3 Å². The molecule has 0 saturated carbocycles. The maximum absolute atomic E-state index is 11.7. The van der Waals surface area contributed by atoms with Crippen molar-refractivity contribution in [3.63, 3.8) is 0 Å². The van der Waals surface area contributed by atoms with Crippen LogP contribution in [0.2, 0.25) is 0 Å². The van der Waals surface area contributed by atoms with Crippen molar-refractivity contribution < 1.29 is 4.79 Å². The number of rotatable bonds is 6. The number of anilines is 1. The zero-order valence-electron chi connectivity index (χ0n) is 10.2. The van der Waals surface area contributed by atoms with E-state index in [1.807, 2.05) is 6.07 Å². The lowest BCUT2D eigenvalue weighted by atomic mass is 10.3. The monoisotopic (exact) mass is 339 g/mol. The molecule has 0 saturated heterocycles. The Morgan fingerprint density at radius 2 is 2.05 bits per heavy atom. The van der Waals surface area contributed by atoms with E-state index in [0.717, 1.165) is 16.0 Å². The van der Waals surface area contributed by atoms with Gasteiger partial charge in [-0.1, -0.05) is 0 Å². The third kappa shape index (κ3) is 5.10. The van der Waals surface area contributed by atoms with Crippen LogP contribution in [0.1, 0.15) is 11.3 Å². The highest BCUT2D eigenvalue weighted by atomic mass is 79.9. The summed E-state index contributed by atoms with van der Waals surface area (Å²) in [5, 5.41) is 6.07. The molecule has 0 aromatic carbocycles. The number of halogens is 1. The van der Waals surface area contributed by atoms with Crippen LogP contribution in [0.4, 0.5) is 5.69 Å². The van der Waals surface area contributed by atoms with Crippen molar-refractivity contribution in [2.45, 2.75) is 13.0 Å². The minimum atomic E-state index is 0.00561. The number of thiophene rings is 1. The lowest BCUT2D eigenvalue weighted by molar-refractivity contribution is -0.116. The van der Waals surface area contributed by atoms with Gasteiger partial charge in [-0.3, -0.25) is 9.78 Å². The fourth-order valence-electron chi connectivity index (χ4n) is 1.52. The number of carbonyl (C=O) groups excluding carboxylic acids is 1. The van der Waals surface area contributed by atoms with Crippen LogP contribution in [-0.2, 0) is 11.3 Å². The van der Waals surface area contributed by atoms with Crippen molar-refractivity contribution in [1.29, 1.82) is 0 Å². The number of nitrogens with one attached hydrogen (secondary N) is 2. The summed E-state index contributed by atoms with van der Waals surface area (Å²) >= 11 is 5.12. The normalized spacial score (nSPS) is 10.4. The van der Waals surface area contributed by atoms with E-state index in [9.17, 15) is 4.79 Å². The first-order valence-electron chi connectivity index (χ1n) is 5.89. The first kappa shape index (κ1) is 14.2. The number of hydrogen-bond acceptors (Lipinski definition) is 4. The molecule has 2 aromatic rings. The molecule has 0 atom stereocenters. The van der Waals surface area contributed by atoms with E-state index in [0.29, 0.717) is 13.0 Å². The van der Waals surface area contributed by atoms with E-state index in [4.69, 9.17) is 0 Å². The second-order valence-electron chi connectivity index (χ2n) is 3.92. The molecular formula is C13H14BrN3OS. The molecule has 2 heterocycles. The first-order valence-corrected chi connectivity index (χ1v) is 7.50. The molecule has 1 amide bonds. The molecule has 0 aliphatic carbocycles. The van der Waals surface area contributed by atoms with Crippen molar-refractivity contribution in [2.75, 3.05) is 11.9 Å². The van der Waals surface area contributed by atoms with Crippen LogP contribution in [0.25, 0.3) is 0 Å². The Labute approximate surface area is 124 Å². The second-order valence-corrected chi connectivity index (χ2v) is 6.46. The molecule has 0 fully saturated rings. The van der Waals surface area contributed by atoms with Crippen molar-refractivity contribution in [2.24, 2.45) is 0 Å². The molecule has 0 bridgehead atoms. The third-order valence-corrected chi connectivity index (χ3v) is 4.04. The van der Waals surface area contributed by atoms with Gasteiger partial charge in [0.25, 0.3) is 0 Å². The predicted molar refractivity (Wildman–Crippen MR) is 81.2 cm³/mol. The van der Waals surface area contributed by atoms with Crippen molar-refractivity contribution in [3.05, 3.63) is 45.3 Å². The summed E-state index contributed by atoms with van der Waals surface area (Å²) in [5.74, 6) is 0.00561. The molecule has 100 valence electrons. The number of pyridine rings is 1. The summed E-state index contributed by atoms with van der Waals surface area (Å²) in [6.07, 6.45) is 3.76. The Bertz CT molecular complexity index is 530. The Hall–Kier alpha value is -1.24. The van der Waals surface area contributed by atoms with Gasteiger partial charge in [-0.25, -0.2) is 0 Å². The number of nitrogens with zero attached hydrogens (tertiary/aromatic N) is 1. The van der Waals surface area contributed by atoms with E-state index in [-0.39, 0.29) is 5.91 Å². The summed E-state index contributed by atoms with van der Waals surface area (Å²) in [4.78, 5) is 16.8. The van der Waals surface area contributed by atoms with Gasteiger partial charge in [0.05, 0.1) is 3.79 Å². The summed E-state index contributed by atoms with van der Waals surface area (Å²) in [6, 6.07) is 7.64. The average Bonchev–Trinajstić information content (AvgIpc) is 2.82. The Morgan fingerprint density at radius 1 is 1.26 bits per heavy atom. The smallest absolute Gasteiger partial charge is 0.225 e.